The van der Waals surface area contributed by atoms with Gasteiger partial charge in [0.15, 0.2) is 0 Å². The Kier molecular flexibility index (Phi) is 3.42. The van der Waals surface area contributed by atoms with Crippen LogP contribution in [-0.2, 0) is 4.74 Å². The molecule has 2 heterocycles. The molecular weight excluding hydrogens is 212 g/mol. The van der Waals surface area contributed by atoms with Crippen LogP contribution in [0.15, 0.2) is 0 Å². The van der Waals surface area contributed by atoms with Crippen molar-refractivity contribution in [3.8, 4) is 0 Å². The third kappa shape index (κ3) is 2.67. The summed E-state index contributed by atoms with van der Waals surface area (Å²) in [5.74, 6) is 0.895. The van der Waals surface area contributed by atoms with E-state index in [4.69, 9.17) is 4.74 Å². The van der Waals surface area contributed by atoms with Crippen LogP contribution >= 0.6 is 0 Å². The van der Waals surface area contributed by atoms with Crippen LogP contribution in [0.3, 0.4) is 0 Å². The van der Waals surface area contributed by atoms with Gasteiger partial charge in [0.2, 0.25) is 0 Å². The van der Waals surface area contributed by atoms with Gasteiger partial charge in [-0.3, -0.25) is 0 Å². The molecule has 0 aromatic heterocycles. The van der Waals surface area contributed by atoms with E-state index < -0.39 is 0 Å². The van der Waals surface area contributed by atoms with Crippen LogP contribution in [0.2, 0.25) is 0 Å². The van der Waals surface area contributed by atoms with Gasteiger partial charge in [0, 0.05) is 32.3 Å². The number of nitrogens with one attached hydrogen (secondary N) is 2. The topological polar surface area (TPSA) is 33.3 Å². The fraction of sp³-hybridized carbons (Fsp3) is 1.00. The maximum absolute atomic E-state index is 5.20. The third-order valence-electron chi connectivity index (χ3n) is 5.13. The molecule has 2 bridgehead atoms. The standard InChI is InChI=1S/C14H26N2O/c1-17-7-6-14(4-5-14)10-15-9-11-8-12-2-3-13(11)16-12/h11-13,15-16H,2-10H2,1H3. The highest BCUT2D eigenvalue weighted by Gasteiger charge is 2.42. The first-order chi connectivity index (χ1) is 8.31. The fourth-order valence-corrected chi connectivity index (χ4v) is 3.70. The summed E-state index contributed by atoms with van der Waals surface area (Å²) in [4.78, 5) is 0. The number of hydrogen-bond donors (Lipinski definition) is 2. The average molecular weight is 238 g/mol. The van der Waals surface area contributed by atoms with Gasteiger partial charge in [0.25, 0.3) is 0 Å². The lowest BCUT2D eigenvalue weighted by Gasteiger charge is -2.22. The normalized spacial score (nSPS) is 37.6. The summed E-state index contributed by atoms with van der Waals surface area (Å²) < 4.78 is 5.20. The lowest BCUT2D eigenvalue weighted by Crippen LogP contribution is -2.34. The maximum atomic E-state index is 5.20. The van der Waals surface area contributed by atoms with Crippen LogP contribution in [0.5, 0.6) is 0 Å². The number of fused-ring (bicyclic) bond motifs is 2. The van der Waals surface area contributed by atoms with Crippen LogP contribution in [-0.4, -0.2) is 38.9 Å². The van der Waals surface area contributed by atoms with Crippen molar-refractivity contribution in [3.05, 3.63) is 0 Å². The zero-order chi connectivity index (χ0) is 11.7. The smallest absolute Gasteiger partial charge is 0.0468 e. The van der Waals surface area contributed by atoms with Gasteiger partial charge in [-0.15, -0.1) is 0 Å². The first kappa shape index (κ1) is 11.9. The van der Waals surface area contributed by atoms with Gasteiger partial charge in [0.05, 0.1) is 0 Å². The van der Waals surface area contributed by atoms with Gasteiger partial charge in [-0.05, 0) is 56.4 Å². The van der Waals surface area contributed by atoms with Crippen molar-refractivity contribution in [2.45, 2.75) is 50.6 Å². The van der Waals surface area contributed by atoms with Gasteiger partial charge in [-0.2, -0.15) is 0 Å². The molecule has 1 aliphatic carbocycles. The van der Waals surface area contributed by atoms with Crippen molar-refractivity contribution in [3.63, 3.8) is 0 Å². The monoisotopic (exact) mass is 238 g/mol. The Labute approximate surface area is 105 Å². The predicted molar refractivity (Wildman–Crippen MR) is 69.1 cm³/mol. The highest BCUT2D eigenvalue weighted by atomic mass is 16.5. The van der Waals surface area contributed by atoms with Crippen LogP contribution in [0.25, 0.3) is 0 Å². The zero-order valence-electron chi connectivity index (χ0n) is 11.0. The molecule has 0 aromatic rings. The SMILES string of the molecule is COCCC1(CNCC2CC3CCC2N3)CC1. The number of ether oxygens (including phenoxy) is 1. The molecule has 3 heteroatoms. The summed E-state index contributed by atoms with van der Waals surface area (Å²) in [6.45, 7) is 3.37. The second-order valence-corrected chi connectivity index (χ2v) is 6.42. The Morgan fingerprint density at radius 2 is 2.24 bits per heavy atom. The first-order valence-corrected chi connectivity index (χ1v) is 7.27. The molecule has 0 aromatic carbocycles. The van der Waals surface area contributed by atoms with Gasteiger partial charge in [-0.1, -0.05) is 0 Å². The fourth-order valence-electron chi connectivity index (χ4n) is 3.70. The first-order valence-electron chi connectivity index (χ1n) is 7.27. The molecular formula is C14H26N2O. The number of rotatable bonds is 7. The Hall–Kier alpha value is -0.120. The molecule has 3 unspecified atom stereocenters. The van der Waals surface area contributed by atoms with Crippen molar-refractivity contribution in [2.24, 2.45) is 11.3 Å². The van der Waals surface area contributed by atoms with E-state index in [1.54, 1.807) is 0 Å². The molecule has 2 saturated heterocycles. The molecule has 17 heavy (non-hydrogen) atoms. The summed E-state index contributed by atoms with van der Waals surface area (Å²) in [5.41, 5.74) is 0.598. The molecule has 3 aliphatic rings. The summed E-state index contributed by atoms with van der Waals surface area (Å²) in [5, 5.41) is 7.44. The second-order valence-electron chi connectivity index (χ2n) is 6.42. The summed E-state index contributed by atoms with van der Waals surface area (Å²) in [6.07, 6.45) is 8.27. The van der Waals surface area contributed by atoms with Crippen LogP contribution in [0, 0.1) is 11.3 Å². The van der Waals surface area contributed by atoms with E-state index in [-0.39, 0.29) is 0 Å². The van der Waals surface area contributed by atoms with E-state index in [0.717, 1.165) is 24.6 Å². The van der Waals surface area contributed by atoms with Crippen molar-refractivity contribution < 1.29 is 4.74 Å². The molecule has 2 aliphatic heterocycles. The predicted octanol–water partition coefficient (Wildman–Crippen LogP) is 1.53. The molecule has 1 saturated carbocycles. The molecule has 98 valence electrons. The number of methoxy groups -OCH3 is 1. The summed E-state index contributed by atoms with van der Waals surface area (Å²) in [7, 11) is 1.81. The molecule has 3 fully saturated rings. The van der Waals surface area contributed by atoms with E-state index in [0.29, 0.717) is 5.41 Å². The third-order valence-corrected chi connectivity index (χ3v) is 5.13. The van der Waals surface area contributed by atoms with E-state index in [1.807, 2.05) is 7.11 Å². The highest BCUT2D eigenvalue weighted by molar-refractivity contribution is 4.99. The van der Waals surface area contributed by atoms with Crippen molar-refractivity contribution >= 4 is 0 Å². The van der Waals surface area contributed by atoms with Gasteiger partial charge >= 0.3 is 0 Å². The van der Waals surface area contributed by atoms with E-state index in [2.05, 4.69) is 10.6 Å². The van der Waals surface area contributed by atoms with Crippen LogP contribution in [0.4, 0.5) is 0 Å². The maximum Gasteiger partial charge on any atom is 0.0468 e. The Morgan fingerprint density at radius 1 is 1.35 bits per heavy atom. The van der Waals surface area contributed by atoms with Crippen molar-refractivity contribution in [2.75, 3.05) is 26.8 Å². The molecule has 2 N–H and O–H groups in total. The van der Waals surface area contributed by atoms with E-state index >= 15 is 0 Å². The van der Waals surface area contributed by atoms with Gasteiger partial charge in [-0.25, -0.2) is 0 Å². The van der Waals surface area contributed by atoms with Crippen molar-refractivity contribution in [1.82, 2.24) is 10.6 Å². The number of hydrogen-bond acceptors (Lipinski definition) is 3. The largest absolute Gasteiger partial charge is 0.385 e. The van der Waals surface area contributed by atoms with Gasteiger partial charge in [0.1, 0.15) is 0 Å². The average Bonchev–Trinajstić information content (AvgIpc) is 2.80. The summed E-state index contributed by atoms with van der Waals surface area (Å²) in [6, 6.07) is 1.66. The lowest BCUT2D eigenvalue weighted by atomic mass is 9.89. The Morgan fingerprint density at radius 3 is 2.82 bits per heavy atom. The van der Waals surface area contributed by atoms with E-state index in [9.17, 15) is 0 Å². The minimum absolute atomic E-state index is 0.598. The molecule has 3 nitrogen and oxygen atoms in total. The molecule has 3 rings (SSSR count). The van der Waals surface area contributed by atoms with Crippen LogP contribution < -0.4 is 10.6 Å². The highest BCUT2D eigenvalue weighted by Crippen LogP contribution is 2.48. The Bertz CT molecular complexity index is 265. The summed E-state index contributed by atoms with van der Waals surface area (Å²) >= 11 is 0. The quantitative estimate of drug-likeness (QED) is 0.706. The molecule has 0 spiro atoms. The lowest BCUT2D eigenvalue weighted by molar-refractivity contribution is 0.170. The van der Waals surface area contributed by atoms with E-state index in [1.165, 1.54) is 51.6 Å². The molecule has 0 radical (unpaired) electrons. The van der Waals surface area contributed by atoms with Gasteiger partial charge < -0.3 is 15.4 Å². The Balaban J connectivity index is 1.35. The minimum atomic E-state index is 0.598. The zero-order valence-corrected chi connectivity index (χ0v) is 11.0. The van der Waals surface area contributed by atoms with Crippen LogP contribution in [0.1, 0.15) is 38.5 Å². The molecule has 0 amide bonds. The second kappa shape index (κ2) is 4.87. The van der Waals surface area contributed by atoms with Crippen molar-refractivity contribution in [1.29, 1.82) is 0 Å². The minimum Gasteiger partial charge on any atom is -0.385 e. The molecule has 3 atom stereocenters.